The number of hydrogen-bond donors (Lipinski definition) is 3. The van der Waals surface area contributed by atoms with Crippen molar-refractivity contribution in [2.45, 2.75) is 9.92 Å². The third-order valence-electron chi connectivity index (χ3n) is 2.56. The average molecular weight is 345 g/mol. The van der Waals surface area contributed by atoms with Gasteiger partial charge in [-0.05, 0) is 41.3 Å². The van der Waals surface area contributed by atoms with Crippen LogP contribution in [-0.4, -0.2) is 25.3 Å². The lowest BCUT2D eigenvalue weighted by Gasteiger charge is -2.04. The first-order valence-corrected chi connectivity index (χ1v) is 8.43. The molecule has 1 aromatic heterocycles. The van der Waals surface area contributed by atoms with Gasteiger partial charge in [0.2, 0.25) is 15.9 Å². The van der Waals surface area contributed by atoms with Crippen molar-refractivity contribution in [1.82, 2.24) is 5.27 Å². The summed E-state index contributed by atoms with van der Waals surface area (Å²) in [6, 6.07) is 5.43. The van der Waals surface area contributed by atoms with E-state index in [0.29, 0.717) is 5.69 Å². The van der Waals surface area contributed by atoms with Crippen LogP contribution in [0.1, 0.15) is 0 Å². The molecule has 2 rings (SSSR count). The summed E-state index contributed by atoms with van der Waals surface area (Å²) in [7, 11) is -2.19. The Morgan fingerprint density at radius 3 is 2.55 bits per heavy atom. The van der Waals surface area contributed by atoms with Crippen molar-refractivity contribution >= 4 is 33.4 Å². The molecule has 0 spiro atoms. The zero-order valence-corrected chi connectivity index (χ0v) is 13.0. The molecule has 0 aliphatic heterocycles. The molecule has 1 amide bonds. The number of H-pyrrole nitrogens is 1. The van der Waals surface area contributed by atoms with E-state index in [9.17, 15) is 18.0 Å². The molecule has 0 fully saturated rings. The molecule has 4 N–H and O–H groups in total. The summed E-state index contributed by atoms with van der Waals surface area (Å²) < 4.78 is 28.1. The number of thioether (sulfide) groups is 1. The molecule has 0 radical (unpaired) electrons. The van der Waals surface area contributed by atoms with Crippen LogP contribution in [0, 0.1) is 0 Å². The minimum absolute atomic E-state index is 0.00656. The highest BCUT2D eigenvalue weighted by Crippen LogP contribution is 2.14. The molecule has 0 aliphatic carbocycles. The van der Waals surface area contributed by atoms with Crippen molar-refractivity contribution in [1.29, 1.82) is 0 Å². The Kier molecular flexibility index (Phi) is 4.68. The summed E-state index contributed by atoms with van der Waals surface area (Å²) in [5.74, 6) is -0.359. The first-order chi connectivity index (χ1) is 10.3. The van der Waals surface area contributed by atoms with Crippen LogP contribution < -0.4 is 20.8 Å². The molecule has 9 nitrogen and oxygen atoms in total. The number of amides is 1. The number of hydrogen-bond acceptors (Lipinski definition) is 6. The number of nitrogens with one attached hydrogen (secondary N) is 2. The van der Waals surface area contributed by atoms with Gasteiger partial charge in [0, 0.05) is 5.69 Å². The summed E-state index contributed by atoms with van der Waals surface area (Å²) in [5, 5.41) is 10.2. The standard InChI is InChI=1S/C11H12N4O5S2/c1-15-10(11(17)20-14-15)21-6-9(16)13-7-2-4-8(5-3-7)22(12,18)19/h2-5H,6H2,1H3,(H3-,12,13,14,16,17,18,19)/p+1. The van der Waals surface area contributed by atoms with Crippen molar-refractivity contribution in [2.75, 3.05) is 11.1 Å². The molecule has 0 unspecified atom stereocenters. The smallest absolute Gasteiger partial charge is 0.325 e. The van der Waals surface area contributed by atoms with Gasteiger partial charge in [0.1, 0.15) is 0 Å². The molecule has 0 saturated heterocycles. The highest BCUT2D eigenvalue weighted by Gasteiger charge is 2.19. The minimum atomic E-state index is -3.77. The van der Waals surface area contributed by atoms with Gasteiger partial charge < -0.3 is 5.32 Å². The zero-order chi connectivity index (χ0) is 16.3. The summed E-state index contributed by atoms with van der Waals surface area (Å²) in [6.07, 6.45) is 0. The maximum absolute atomic E-state index is 11.8. The van der Waals surface area contributed by atoms with Crippen LogP contribution in [0.5, 0.6) is 0 Å². The van der Waals surface area contributed by atoms with Gasteiger partial charge in [-0.15, -0.1) is 0 Å². The Bertz CT molecular complexity index is 838. The Morgan fingerprint density at radius 2 is 2.05 bits per heavy atom. The summed E-state index contributed by atoms with van der Waals surface area (Å²) in [5.41, 5.74) is -0.138. The molecule has 1 aromatic carbocycles. The molecule has 0 bridgehead atoms. The van der Waals surface area contributed by atoms with E-state index >= 15 is 0 Å². The van der Waals surface area contributed by atoms with E-state index in [-0.39, 0.29) is 21.6 Å². The van der Waals surface area contributed by atoms with Crippen molar-refractivity contribution in [3.63, 3.8) is 0 Å². The minimum Gasteiger partial charge on any atom is -0.325 e. The molecule has 11 heteroatoms. The van der Waals surface area contributed by atoms with Crippen LogP contribution in [0.3, 0.4) is 0 Å². The van der Waals surface area contributed by atoms with Crippen LogP contribution in [0.25, 0.3) is 0 Å². The van der Waals surface area contributed by atoms with E-state index in [4.69, 9.17) is 5.14 Å². The SMILES string of the molecule is C[n+]1[nH]oc(=O)c1SCC(=O)Nc1ccc(S(N)(=O)=O)cc1. The number of benzene rings is 1. The van der Waals surface area contributed by atoms with Gasteiger partial charge in [-0.1, -0.05) is 4.68 Å². The van der Waals surface area contributed by atoms with Crippen LogP contribution in [0.2, 0.25) is 0 Å². The average Bonchev–Trinajstić information content (AvgIpc) is 2.75. The normalized spacial score (nSPS) is 11.4. The zero-order valence-electron chi connectivity index (χ0n) is 11.4. The molecule has 0 saturated carbocycles. The number of primary sulfonamides is 1. The highest BCUT2D eigenvalue weighted by atomic mass is 32.2. The fourth-order valence-corrected chi connectivity index (χ4v) is 2.79. The summed E-state index contributed by atoms with van der Waals surface area (Å²) in [4.78, 5) is 23.0. The quantitative estimate of drug-likeness (QED) is 0.477. The molecule has 1 heterocycles. The number of carbonyl (C=O) groups is 1. The predicted octanol–water partition coefficient (Wildman–Crippen LogP) is -0.829. The summed E-state index contributed by atoms with van der Waals surface area (Å²) in [6.45, 7) is 0. The third-order valence-corrected chi connectivity index (χ3v) is 4.61. The van der Waals surface area contributed by atoms with Crippen LogP contribution >= 0.6 is 11.8 Å². The Hall–Kier alpha value is -2.11. The molecule has 118 valence electrons. The second-order valence-electron chi connectivity index (χ2n) is 4.25. The maximum Gasteiger partial charge on any atom is 0.441 e. The van der Waals surface area contributed by atoms with Crippen LogP contribution in [-0.2, 0) is 21.9 Å². The molecule has 0 aliphatic rings. The number of anilines is 1. The number of nitrogens with two attached hydrogens (primary N) is 1. The Balaban J connectivity index is 1.96. The Labute approximate surface area is 129 Å². The second kappa shape index (κ2) is 6.34. The van der Waals surface area contributed by atoms with Gasteiger partial charge in [0.05, 0.1) is 10.6 Å². The molecule has 22 heavy (non-hydrogen) atoms. The first kappa shape index (κ1) is 16.3. The van der Waals surface area contributed by atoms with E-state index in [0.717, 1.165) is 11.8 Å². The van der Waals surface area contributed by atoms with Gasteiger partial charge in [-0.25, -0.2) is 18.4 Å². The molecule has 0 atom stereocenters. The number of aryl methyl sites for hydroxylation is 1. The van der Waals surface area contributed by atoms with E-state index in [1.165, 1.54) is 28.9 Å². The maximum atomic E-state index is 11.8. The number of nitrogens with zero attached hydrogens (tertiary/aromatic N) is 1. The van der Waals surface area contributed by atoms with E-state index in [1.54, 1.807) is 7.05 Å². The van der Waals surface area contributed by atoms with E-state index in [2.05, 4.69) is 15.1 Å². The van der Waals surface area contributed by atoms with Crippen LogP contribution in [0.4, 0.5) is 5.69 Å². The molecular weight excluding hydrogens is 332 g/mol. The monoisotopic (exact) mass is 345 g/mol. The topological polar surface area (TPSA) is 139 Å². The number of aromatic nitrogens is 2. The second-order valence-corrected chi connectivity index (χ2v) is 6.78. The predicted molar refractivity (Wildman–Crippen MR) is 77.7 cm³/mol. The van der Waals surface area contributed by atoms with Gasteiger partial charge in [0.15, 0.2) is 7.05 Å². The lowest BCUT2D eigenvalue weighted by Crippen LogP contribution is -2.34. The summed E-state index contributed by atoms with van der Waals surface area (Å²) >= 11 is 1.01. The van der Waals surface area contributed by atoms with Crippen molar-refractivity contribution in [3.05, 3.63) is 34.7 Å². The molecular formula is C11H13N4O5S2+. The number of aromatic amines is 1. The number of rotatable bonds is 5. The highest BCUT2D eigenvalue weighted by molar-refractivity contribution is 7.99. The van der Waals surface area contributed by atoms with Gasteiger partial charge in [-0.2, -0.15) is 0 Å². The first-order valence-electron chi connectivity index (χ1n) is 5.90. The van der Waals surface area contributed by atoms with Crippen molar-refractivity contribution in [3.8, 4) is 0 Å². The van der Waals surface area contributed by atoms with Crippen LogP contribution in [0.15, 0.2) is 43.5 Å². The third kappa shape index (κ3) is 3.96. The lowest BCUT2D eigenvalue weighted by molar-refractivity contribution is -0.772. The fraction of sp³-hybridized carbons (Fsp3) is 0.182. The number of carbonyl (C=O) groups excluding carboxylic acids is 1. The fourth-order valence-electron chi connectivity index (χ4n) is 1.55. The largest absolute Gasteiger partial charge is 0.441 e. The van der Waals surface area contributed by atoms with Crippen molar-refractivity contribution in [2.24, 2.45) is 12.2 Å². The van der Waals surface area contributed by atoms with Gasteiger partial charge in [-0.3, -0.25) is 9.32 Å². The van der Waals surface area contributed by atoms with E-state index < -0.39 is 15.6 Å². The van der Waals surface area contributed by atoms with E-state index in [1.807, 2.05) is 0 Å². The number of sulfonamides is 1. The van der Waals surface area contributed by atoms with Crippen molar-refractivity contribution < 1.29 is 22.4 Å². The molecule has 2 aromatic rings. The van der Waals surface area contributed by atoms with Gasteiger partial charge >= 0.3 is 10.7 Å². The lowest BCUT2D eigenvalue weighted by atomic mass is 10.3. The van der Waals surface area contributed by atoms with Gasteiger partial charge in [0.25, 0.3) is 0 Å². The Morgan fingerprint density at radius 1 is 1.41 bits per heavy atom.